The fourth-order valence-electron chi connectivity index (χ4n) is 3.08. The summed E-state index contributed by atoms with van der Waals surface area (Å²) in [4.78, 5) is 24.9. The number of amides is 2. The summed E-state index contributed by atoms with van der Waals surface area (Å²) in [5.41, 5.74) is 0. The van der Waals surface area contributed by atoms with Gasteiger partial charge in [0.25, 0.3) is 0 Å². The number of likely N-dealkylation sites (tertiary alicyclic amines) is 1. The van der Waals surface area contributed by atoms with Gasteiger partial charge in [0.05, 0.1) is 25.7 Å². The molecule has 2 aliphatic rings. The molecule has 2 saturated heterocycles. The van der Waals surface area contributed by atoms with Crippen LogP contribution in [0.2, 0.25) is 0 Å². The first-order valence-corrected chi connectivity index (χ1v) is 7.73. The Bertz CT molecular complexity index is 343. The van der Waals surface area contributed by atoms with Crippen LogP contribution >= 0.6 is 0 Å². The van der Waals surface area contributed by atoms with Crippen LogP contribution in [-0.4, -0.2) is 56.7 Å². The molecule has 6 heteroatoms. The molecule has 0 bridgehead atoms. The summed E-state index contributed by atoms with van der Waals surface area (Å²) in [6, 6.07) is 0.454. The topological polar surface area (TPSA) is 71.9 Å². The van der Waals surface area contributed by atoms with E-state index in [0.29, 0.717) is 19.1 Å². The van der Waals surface area contributed by atoms with Crippen molar-refractivity contribution in [3.63, 3.8) is 0 Å². The molecule has 0 aromatic carbocycles. The molecule has 2 amide bonds. The summed E-state index contributed by atoms with van der Waals surface area (Å²) in [7, 11) is 0. The molecule has 2 rings (SSSR count). The molecule has 114 valence electrons. The second-order valence-electron chi connectivity index (χ2n) is 5.66. The lowest BCUT2D eigenvalue weighted by Crippen LogP contribution is -3.14. The SMILES string of the molecule is CC[NH+]1CCC[C@H]1CNC(=O)C(=O)NC[C@@H]1CCCO1. The number of likely N-dealkylation sites (N-methyl/N-ethyl adjacent to an activating group) is 1. The molecule has 0 radical (unpaired) electrons. The number of quaternary nitrogens is 1. The van der Waals surface area contributed by atoms with Gasteiger partial charge in [-0.05, 0) is 19.8 Å². The van der Waals surface area contributed by atoms with Crippen molar-refractivity contribution < 1.29 is 19.2 Å². The average molecular weight is 284 g/mol. The molecule has 2 aliphatic heterocycles. The number of rotatable bonds is 5. The van der Waals surface area contributed by atoms with Crippen LogP contribution in [0.4, 0.5) is 0 Å². The minimum absolute atomic E-state index is 0.0709. The molecule has 0 aromatic rings. The lowest BCUT2D eigenvalue weighted by molar-refractivity contribution is -0.909. The standard InChI is InChI=1S/C14H25N3O3/c1-2-17-7-3-5-11(17)9-15-13(18)14(19)16-10-12-6-4-8-20-12/h11-12H,2-10H2,1H3,(H,15,18)(H,16,19)/p+1/t11-,12-/m0/s1. The van der Waals surface area contributed by atoms with Crippen molar-refractivity contribution in [2.75, 3.05) is 32.8 Å². The van der Waals surface area contributed by atoms with Gasteiger partial charge in [-0.3, -0.25) is 9.59 Å². The first-order valence-electron chi connectivity index (χ1n) is 7.73. The third kappa shape index (κ3) is 4.18. The first kappa shape index (κ1) is 15.3. The van der Waals surface area contributed by atoms with E-state index < -0.39 is 11.8 Å². The van der Waals surface area contributed by atoms with Crippen molar-refractivity contribution in [1.82, 2.24) is 10.6 Å². The maximum atomic E-state index is 11.7. The predicted octanol–water partition coefficient (Wildman–Crippen LogP) is -1.53. The van der Waals surface area contributed by atoms with Gasteiger partial charge in [0.1, 0.15) is 6.04 Å². The number of hydrogen-bond donors (Lipinski definition) is 3. The molecule has 0 aromatic heterocycles. The van der Waals surface area contributed by atoms with Crippen molar-refractivity contribution in [3.05, 3.63) is 0 Å². The molecule has 6 nitrogen and oxygen atoms in total. The Hall–Kier alpha value is -1.14. The second-order valence-corrected chi connectivity index (χ2v) is 5.66. The van der Waals surface area contributed by atoms with E-state index in [2.05, 4.69) is 17.6 Å². The average Bonchev–Trinajstić information content (AvgIpc) is 3.12. The van der Waals surface area contributed by atoms with E-state index in [9.17, 15) is 9.59 Å². The molecule has 0 aliphatic carbocycles. The lowest BCUT2D eigenvalue weighted by atomic mass is 10.2. The van der Waals surface area contributed by atoms with Gasteiger partial charge < -0.3 is 20.3 Å². The van der Waals surface area contributed by atoms with Gasteiger partial charge >= 0.3 is 11.8 Å². The lowest BCUT2D eigenvalue weighted by Gasteiger charge is -2.20. The number of nitrogens with one attached hydrogen (secondary N) is 3. The highest BCUT2D eigenvalue weighted by Crippen LogP contribution is 2.10. The highest BCUT2D eigenvalue weighted by molar-refractivity contribution is 6.35. The molecule has 0 spiro atoms. The smallest absolute Gasteiger partial charge is 0.309 e. The molecule has 0 saturated carbocycles. The summed E-state index contributed by atoms with van der Waals surface area (Å²) in [5.74, 6) is -1.07. The fraction of sp³-hybridized carbons (Fsp3) is 0.857. The van der Waals surface area contributed by atoms with Crippen LogP contribution < -0.4 is 15.5 Å². The monoisotopic (exact) mass is 284 g/mol. The Morgan fingerprint density at radius 2 is 1.90 bits per heavy atom. The molecule has 1 unspecified atom stereocenters. The van der Waals surface area contributed by atoms with E-state index in [1.807, 2.05) is 0 Å². The number of carbonyl (C=O) groups is 2. The minimum atomic E-state index is -0.545. The summed E-state index contributed by atoms with van der Waals surface area (Å²) >= 11 is 0. The molecule has 2 fully saturated rings. The zero-order valence-electron chi connectivity index (χ0n) is 12.2. The van der Waals surface area contributed by atoms with E-state index in [0.717, 1.165) is 32.4 Å². The number of ether oxygens (including phenoxy) is 1. The van der Waals surface area contributed by atoms with Crippen molar-refractivity contribution in [1.29, 1.82) is 0 Å². The van der Waals surface area contributed by atoms with Gasteiger partial charge in [-0.2, -0.15) is 0 Å². The van der Waals surface area contributed by atoms with Gasteiger partial charge in [-0.15, -0.1) is 0 Å². The Morgan fingerprint density at radius 3 is 2.55 bits per heavy atom. The van der Waals surface area contributed by atoms with Crippen molar-refractivity contribution in [2.24, 2.45) is 0 Å². The van der Waals surface area contributed by atoms with E-state index >= 15 is 0 Å². The van der Waals surface area contributed by atoms with Gasteiger partial charge in [0.15, 0.2) is 0 Å². The predicted molar refractivity (Wildman–Crippen MR) is 74.4 cm³/mol. The van der Waals surface area contributed by atoms with E-state index in [1.165, 1.54) is 17.9 Å². The van der Waals surface area contributed by atoms with Crippen molar-refractivity contribution in [3.8, 4) is 0 Å². The minimum Gasteiger partial charge on any atom is -0.376 e. The number of hydrogen-bond acceptors (Lipinski definition) is 3. The first-order chi connectivity index (χ1) is 9.70. The van der Waals surface area contributed by atoms with Gasteiger partial charge in [-0.25, -0.2) is 0 Å². The van der Waals surface area contributed by atoms with Crippen LogP contribution in [0, 0.1) is 0 Å². The maximum absolute atomic E-state index is 11.7. The van der Waals surface area contributed by atoms with Crippen molar-refractivity contribution in [2.45, 2.75) is 44.8 Å². The molecule has 2 heterocycles. The quantitative estimate of drug-likeness (QED) is 0.536. The van der Waals surface area contributed by atoms with Gasteiger partial charge in [-0.1, -0.05) is 0 Å². The molecular formula is C14H26N3O3+. The Morgan fingerprint density at radius 1 is 1.15 bits per heavy atom. The molecule has 20 heavy (non-hydrogen) atoms. The summed E-state index contributed by atoms with van der Waals surface area (Å²) in [6.45, 7) is 6.18. The summed E-state index contributed by atoms with van der Waals surface area (Å²) in [6.07, 6.45) is 4.39. The molecule has 3 atom stereocenters. The third-order valence-corrected chi connectivity index (χ3v) is 4.31. The van der Waals surface area contributed by atoms with Crippen LogP contribution in [0.1, 0.15) is 32.6 Å². The summed E-state index contributed by atoms with van der Waals surface area (Å²) < 4.78 is 5.40. The van der Waals surface area contributed by atoms with Crippen LogP contribution in [0.25, 0.3) is 0 Å². The van der Waals surface area contributed by atoms with E-state index in [-0.39, 0.29) is 6.10 Å². The largest absolute Gasteiger partial charge is 0.376 e. The zero-order chi connectivity index (χ0) is 14.4. The van der Waals surface area contributed by atoms with Crippen LogP contribution in [0.3, 0.4) is 0 Å². The Labute approximate surface area is 120 Å². The summed E-state index contributed by atoms with van der Waals surface area (Å²) in [5, 5.41) is 5.39. The van der Waals surface area contributed by atoms with Crippen molar-refractivity contribution >= 4 is 11.8 Å². The van der Waals surface area contributed by atoms with Gasteiger partial charge in [0, 0.05) is 26.0 Å². The maximum Gasteiger partial charge on any atom is 0.309 e. The zero-order valence-corrected chi connectivity index (χ0v) is 12.2. The fourth-order valence-corrected chi connectivity index (χ4v) is 3.08. The van der Waals surface area contributed by atoms with Crippen LogP contribution in [0.15, 0.2) is 0 Å². The van der Waals surface area contributed by atoms with E-state index in [4.69, 9.17) is 4.74 Å². The molecule has 3 N–H and O–H groups in total. The Balaban J connectivity index is 1.64. The Kier molecular flexibility index (Phi) is 5.79. The normalized spacial score (nSPS) is 29.4. The molecular weight excluding hydrogens is 258 g/mol. The van der Waals surface area contributed by atoms with E-state index in [1.54, 1.807) is 0 Å². The van der Waals surface area contributed by atoms with Crippen LogP contribution in [0.5, 0.6) is 0 Å². The van der Waals surface area contributed by atoms with Gasteiger partial charge in [0.2, 0.25) is 0 Å². The highest BCUT2D eigenvalue weighted by atomic mass is 16.5. The highest BCUT2D eigenvalue weighted by Gasteiger charge is 2.28. The number of carbonyl (C=O) groups excluding carboxylic acids is 2. The second kappa shape index (κ2) is 7.59. The van der Waals surface area contributed by atoms with Crippen LogP contribution in [-0.2, 0) is 14.3 Å². The third-order valence-electron chi connectivity index (χ3n) is 4.31.